The molecule has 0 aliphatic heterocycles. The zero-order valence-electron chi connectivity index (χ0n) is 9.29. The van der Waals surface area contributed by atoms with Gasteiger partial charge in [-0.2, -0.15) is 0 Å². The van der Waals surface area contributed by atoms with E-state index in [0.29, 0.717) is 19.1 Å². The minimum Gasteiger partial charge on any atom is -0.460 e. The number of hydrogen-bond acceptors (Lipinski definition) is 3. The van der Waals surface area contributed by atoms with Crippen LogP contribution in [-0.2, 0) is 14.3 Å². The Morgan fingerprint density at radius 1 is 1.43 bits per heavy atom. The SMILES string of the molecule is C=CC(=O)OCC(CC)OCC(C)C. The van der Waals surface area contributed by atoms with E-state index in [-0.39, 0.29) is 6.10 Å². The maximum atomic E-state index is 10.8. The molecule has 0 heterocycles. The molecule has 0 aliphatic carbocycles. The summed E-state index contributed by atoms with van der Waals surface area (Å²) in [6, 6.07) is 0. The van der Waals surface area contributed by atoms with Gasteiger partial charge in [-0.1, -0.05) is 27.4 Å². The average molecular weight is 200 g/mol. The van der Waals surface area contributed by atoms with Crippen LogP contribution in [0.2, 0.25) is 0 Å². The van der Waals surface area contributed by atoms with Crippen molar-refractivity contribution in [2.45, 2.75) is 33.3 Å². The standard InChI is InChI=1S/C11H20O3/c1-5-10(13-7-9(3)4)8-14-11(12)6-2/h6,9-10H,2,5,7-8H2,1,3-4H3. The van der Waals surface area contributed by atoms with Crippen molar-refractivity contribution in [1.82, 2.24) is 0 Å². The lowest BCUT2D eigenvalue weighted by atomic mass is 10.2. The molecule has 0 rings (SSSR count). The first-order valence-electron chi connectivity index (χ1n) is 5.00. The Morgan fingerprint density at radius 3 is 2.50 bits per heavy atom. The lowest BCUT2D eigenvalue weighted by Crippen LogP contribution is -2.22. The van der Waals surface area contributed by atoms with Gasteiger partial charge in [0.2, 0.25) is 0 Å². The minimum absolute atomic E-state index is 0.00120. The number of carbonyl (C=O) groups is 1. The topological polar surface area (TPSA) is 35.5 Å². The summed E-state index contributed by atoms with van der Waals surface area (Å²) in [6.07, 6.45) is 2.01. The fourth-order valence-electron chi connectivity index (χ4n) is 0.846. The molecular formula is C11H20O3. The molecule has 3 nitrogen and oxygen atoms in total. The van der Waals surface area contributed by atoms with Crippen molar-refractivity contribution in [3.63, 3.8) is 0 Å². The highest BCUT2D eigenvalue weighted by atomic mass is 16.6. The van der Waals surface area contributed by atoms with E-state index in [4.69, 9.17) is 9.47 Å². The Labute approximate surface area is 86.1 Å². The first kappa shape index (κ1) is 13.2. The molecule has 3 heteroatoms. The zero-order chi connectivity index (χ0) is 11.0. The monoisotopic (exact) mass is 200 g/mol. The summed E-state index contributed by atoms with van der Waals surface area (Å²) in [7, 11) is 0. The third-order valence-corrected chi connectivity index (χ3v) is 1.70. The van der Waals surface area contributed by atoms with Crippen LogP contribution in [0.3, 0.4) is 0 Å². The van der Waals surface area contributed by atoms with Crippen molar-refractivity contribution in [2.24, 2.45) is 5.92 Å². The van der Waals surface area contributed by atoms with Crippen molar-refractivity contribution < 1.29 is 14.3 Å². The predicted octanol–water partition coefficient (Wildman–Crippen LogP) is 2.17. The van der Waals surface area contributed by atoms with Crippen LogP contribution in [0.5, 0.6) is 0 Å². The first-order valence-corrected chi connectivity index (χ1v) is 5.00. The fraction of sp³-hybridized carbons (Fsp3) is 0.727. The van der Waals surface area contributed by atoms with Gasteiger partial charge in [0.15, 0.2) is 0 Å². The molecule has 1 unspecified atom stereocenters. The van der Waals surface area contributed by atoms with Crippen LogP contribution in [0.15, 0.2) is 12.7 Å². The number of rotatable bonds is 7. The molecule has 0 bridgehead atoms. The molecular weight excluding hydrogens is 180 g/mol. The predicted molar refractivity (Wildman–Crippen MR) is 56.0 cm³/mol. The zero-order valence-corrected chi connectivity index (χ0v) is 9.29. The molecule has 0 spiro atoms. The molecule has 0 radical (unpaired) electrons. The Morgan fingerprint density at radius 2 is 2.07 bits per heavy atom. The first-order chi connectivity index (χ1) is 6.60. The van der Waals surface area contributed by atoms with Crippen molar-refractivity contribution in [3.05, 3.63) is 12.7 Å². The van der Waals surface area contributed by atoms with Crippen molar-refractivity contribution in [1.29, 1.82) is 0 Å². The lowest BCUT2D eigenvalue weighted by molar-refractivity contribution is -0.142. The van der Waals surface area contributed by atoms with Crippen LogP contribution >= 0.6 is 0 Å². The molecule has 82 valence electrons. The van der Waals surface area contributed by atoms with Gasteiger partial charge in [0.25, 0.3) is 0 Å². The second-order valence-electron chi connectivity index (χ2n) is 3.59. The summed E-state index contributed by atoms with van der Waals surface area (Å²) in [5.41, 5.74) is 0. The van der Waals surface area contributed by atoms with Gasteiger partial charge in [-0.15, -0.1) is 0 Å². The van der Waals surface area contributed by atoms with Gasteiger partial charge in [-0.3, -0.25) is 0 Å². The van der Waals surface area contributed by atoms with Gasteiger partial charge < -0.3 is 9.47 Å². The van der Waals surface area contributed by atoms with E-state index in [1.807, 2.05) is 6.92 Å². The minimum atomic E-state index is -0.392. The average Bonchev–Trinajstić information content (AvgIpc) is 2.17. The van der Waals surface area contributed by atoms with Crippen molar-refractivity contribution >= 4 is 5.97 Å². The highest BCUT2D eigenvalue weighted by Crippen LogP contribution is 2.03. The molecule has 0 aromatic heterocycles. The number of hydrogen-bond donors (Lipinski definition) is 0. The highest BCUT2D eigenvalue weighted by Gasteiger charge is 2.09. The largest absolute Gasteiger partial charge is 0.460 e. The van der Waals surface area contributed by atoms with Gasteiger partial charge in [-0.25, -0.2) is 4.79 Å². The van der Waals surface area contributed by atoms with Crippen LogP contribution in [0.4, 0.5) is 0 Å². The summed E-state index contributed by atoms with van der Waals surface area (Å²) in [5.74, 6) is 0.107. The third kappa shape index (κ3) is 6.66. The molecule has 1 atom stereocenters. The Balaban J connectivity index is 3.68. The summed E-state index contributed by atoms with van der Waals surface area (Å²) >= 11 is 0. The maximum Gasteiger partial charge on any atom is 0.330 e. The number of carbonyl (C=O) groups excluding carboxylic acids is 1. The molecule has 0 aromatic rings. The van der Waals surface area contributed by atoms with E-state index in [1.54, 1.807) is 0 Å². The molecule has 0 saturated heterocycles. The van der Waals surface area contributed by atoms with Crippen LogP contribution in [-0.4, -0.2) is 25.3 Å². The van der Waals surface area contributed by atoms with E-state index < -0.39 is 5.97 Å². The molecule has 0 fully saturated rings. The summed E-state index contributed by atoms with van der Waals surface area (Å²) in [4.78, 5) is 10.8. The molecule has 0 aliphatic rings. The summed E-state index contributed by atoms with van der Waals surface area (Å²) < 4.78 is 10.4. The van der Waals surface area contributed by atoms with Gasteiger partial charge in [0, 0.05) is 12.7 Å². The molecule has 14 heavy (non-hydrogen) atoms. The van der Waals surface area contributed by atoms with Gasteiger partial charge in [-0.05, 0) is 12.3 Å². The fourth-order valence-corrected chi connectivity index (χ4v) is 0.846. The smallest absolute Gasteiger partial charge is 0.330 e. The van der Waals surface area contributed by atoms with Crippen LogP contribution in [0.25, 0.3) is 0 Å². The Kier molecular flexibility index (Phi) is 7.11. The van der Waals surface area contributed by atoms with Crippen molar-refractivity contribution in [2.75, 3.05) is 13.2 Å². The summed E-state index contributed by atoms with van der Waals surface area (Å²) in [5, 5.41) is 0. The van der Waals surface area contributed by atoms with E-state index in [1.165, 1.54) is 0 Å². The quantitative estimate of drug-likeness (QED) is 0.466. The lowest BCUT2D eigenvalue weighted by Gasteiger charge is -2.16. The maximum absolute atomic E-state index is 10.8. The van der Waals surface area contributed by atoms with E-state index in [0.717, 1.165) is 12.5 Å². The normalized spacial score (nSPS) is 12.6. The summed E-state index contributed by atoms with van der Waals surface area (Å²) in [6.45, 7) is 10.5. The van der Waals surface area contributed by atoms with Gasteiger partial charge in [0.05, 0.1) is 6.10 Å². The van der Waals surface area contributed by atoms with E-state index in [2.05, 4.69) is 20.4 Å². The molecule has 0 N–H and O–H groups in total. The highest BCUT2D eigenvalue weighted by molar-refractivity contribution is 5.81. The number of ether oxygens (including phenoxy) is 2. The molecule has 0 amide bonds. The second kappa shape index (κ2) is 7.56. The van der Waals surface area contributed by atoms with E-state index >= 15 is 0 Å². The van der Waals surface area contributed by atoms with Crippen molar-refractivity contribution in [3.8, 4) is 0 Å². The van der Waals surface area contributed by atoms with Gasteiger partial charge >= 0.3 is 5.97 Å². The second-order valence-corrected chi connectivity index (χ2v) is 3.59. The molecule has 0 aromatic carbocycles. The third-order valence-electron chi connectivity index (χ3n) is 1.70. The van der Waals surface area contributed by atoms with Gasteiger partial charge in [0.1, 0.15) is 6.61 Å². The molecule has 0 saturated carbocycles. The van der Waals surface area contributed by atoms with E-state index in [9.17, 15) is 4.79 Å². The van der Waals surface area contributed by atoms with Crippen LogP contribution in [0, 0.1) is 5.92 Å². The van der Waals surface area contributed by atoms with Crippen LogP contribution in [0.1, 0.15) is 27.2 Å². The van der Waals surface area contributed by atoms with Crippen LogP contribution < -0.4 is 0 Å². The Bertz CT molecular complexity index is 175. The number of esters is 1. The Hall–Kier alpha value is -0.830.